The summed E-state index contributed by atoms with van der Waals surface area (Å²) in [6, 6.07) is 0. The summed E-state index contributed by atoms with van der Waals surface area (Å²) in [4.78, 5) is 12.7. The fourth-order valence-electron chi connectivity index (χ4n) is 1.02. The van der Waals surface area contributed by atoms with Gasteiger partial charge >= 0.3 is 0 Å². The fraction of sp³-hybridized carbons (Fsp3) is 0.833. The summed E-state index contributed by atoms with van der Waals surface area (Å²) in [7, 11) is 0. The second kappa shape index (κ2) is 3.53. The van der Waals surface area contributed by atoms with Crippen molar-refractivity contribution in [3.63, 3.8) is 0 Å². The van der Waals surface area contributed by atoms with Gasteiger partial charge in [0.2, 0.25) is 5.91 Å². The monoisotopic (exact) mass is 143 g/mol. The average molecular weight is 143 g/mol. The summed E-state index contributed by atoms with van der Waals surface area (Å²) in [5.41, 5.74) is 5.34. The van der Waals surface area contributed by atoms with Crippen molar-refractivity contribution in [1.29, 1.82) is 0 Å². The zero-order valence-electron chi connectivity index (χ0n) is 5.97. The van der Waals surface area contributed by atoms with Crippen LogP contribution < -0.4 is 11.1 Å². The molecule has 1 fully saturated rings. The SMILES string of the molecule is NCN1CCCNCC1=O. The average Bonchev–Trinajstić information content (AvgIpc) is 2.13. The molecule has 4 heteroatoms. The molecule has 0 unspecified atom stereocenters. The second-order valence-corrected chi connectivity index (χ2v) is 2.37. The van der Waals surface area contributed by atoms with E-state index in [2.05, 4.69) is 5.32 Å². The van der Waals surface area contributed by atoms with Gasteiger partial charge in [-0.1, -0.05) is 0 Å². The Balaban J connectivity index is 2.43. The first-order valence-corrected chi connectivity index (χ1v) is 3.53. The number of nitrogens with two attached hydrogens (primary N) is 1. The van der Waals surface area contributed by atoms with Crippen molar-refractivity contribution in [2.75, 3.05) is 26.3 Å². The highest BCUT2D eigenvalue weighted by molar-refractivity contribution is 5.78. The van der Waals surface area contributed by atoms with Gasteiger partial charge in [0, 0.05) is 6.54 Å². The van der Waals surface area contributed by atoms with Crippen LogP contribution in [-0.2, 0) is 4.79 Å². The van der Waals surface area contributed by atoms with Gasteiger partial charge < -0.3 is 16.0 Å². The third-order valence-electron chi connectivity index (χ3n) is 1.63. The van der Waals surface area contributed by atoms with Crippen LogP contribution in [0, 0.1) is 0 Å². The van der Waals surface area contributed by atoms with Crippen molar-refractivity contribution in [2.24, 2.45) is 5.73 Å². The molecular weight excluding hydrogens is 130 g/mol. The van der Waals surface area contributed by atoms with Gasteiger partial charge in [-0.25, -0.2) is 0 Å². The molecule has 0 aromatic carbocycles. The van der Waals surface area contributed by atoms with Crippen LogP contribution in [0.2, 0.25) is 0 Å². The number of carbonyl (C=O) groups is 1. The highest BCUT2D eigenvalue weighted by Crippen LogP contribution is 1.93. The number of hydrogen-bond donors (Lipinski definition) is 2. The van der Waals surface area contributed by atoms with E-state index in [1.165, 1.54) is 0 Å². The molecule has 1 heterocycles. The lowest BCUT2D eigenvalue weighted by molar-refractivity contribution is -0.129. The van der Waals surface area contributed by atoms with Crippen molar-refractivity contribution in [2.45, 2.75) is 6.42 Å². The second-order valence-electron chi connectivity index (χ2n) is 2.37. The minimum atomic E-state index is 0.111. The maximum atomic E-state index is 11.0. The van der Waals surface area contributed by atoms with E-state index in [9.17, 15) is 4.79 Å². The molecule has 0 saturated carbocycles. The molecule has 0 aromatic rings. The first kappa shape index (κ1) is 7.50. The molecule has 0 radical (unpaired) electrons. The van der Waals surface area contributed by atoms with Crippen molar-refractivity contribution in [3.05, 3.63) is 0 Å². The maximum absolute atomic E-state index is 11.0. The highest BCUT2D eigenvalue weighted by Gasteiger charge is 2.13. The smallest absolute Gasteiger partial charge is 0.237 e. The number of rotatable bonds is 1. The molecule has 0 aromatic heterocycles. The van der Waals surface area contributed by atoms with Crippen molar-refractivity contribution >= 4 is 5.91 Å². The molecular formula is C6H13N3O. The Kier molecular flexibility index (Phi) is 2.65. The molecule has 1 aliphatic heterocycles. The van der Waals surface area contributed by atoms with Crippen LogP contribution in [0.5, 0.6) is 0 Å². The van der Waals surface area contributed by atoms with E-state index in [1.54, 1.807) is 4.90 Å². The van der Waals surface area contributed by atoms with Crippen LogP contribution >= 0.6 is 0 Å². The van der Waals surface area contributed by atoms with E-state index in [0.717, 1.165) is 19.5 Å². The van der Waals surface area contributed by atoms with Gasteiger partial charge in [0.15, 0.2) is 0 Å². The number of hydrogen-bond acceptors (Lipinski definition) is 3. The van der Waals surface area contributed by atoms with E-state index < -0.39 is 0 Å². The van der Waals surface area contributed by atoms with Crippen LogP contribution in [0.3, 0.4) is 0 Å². The third kappa shape index (κ3) is 1.68. The predicted molar refractivity (Wildman–Crippen MR) is 38.3 cm³/mol. The molecule has 1 amide bonds. The molecule has 0 bridgehead atoms. The van der Waals surface area contributed by atoms with Gasteiger partial charge in [0.05, 0.1) is 13.2 Å². The van der Waals surface area contributed by atoms with Crippen molar-refractivity contribution < 1.29 is 4.79 Å². The molecule has 10 heavy (non-hydrogen) atoms. The molecule has 1 saturated heterocycles. The number of carbonyl (C=O) groups excluding carboxylic acids is 1. The van der Waals surface area contributed by atoms with E-state index in [4.69, 9.17) is 5.73 Å². The lowest BCUT2D eigenvalue weighted by atomic mass is 10.4. The molecule has 0 atom stereocenters. The summed E-state index contributed by atoms with van der Waals surface area (Å²) in [6.45, 7) is 2.50. The number of nitrogens with one attached hydrogen (secondary N) is 1. The Labute approximate surface area is 60.4 Å². The maximum Gasteiger partial charge on any atom is 0.237 e. The summed E-state index contributed by atoms with van der Waals surface area (Å²) in [6.07, 6.45) is 1.00. The zero-order valence-corrected chi connectivity index (χ0v) is 5.97. The molecule has 4 nitrogen and oxygen atoms in total. The van der Waals surface area contributed by atoms with Gasteiger partial charge in [-0.3, -0.25) is 4.79 Å². The van der Waals surface area contributed by atoms with Gasteiger partial charge in [0.1, 0.15) is 0 Å². The minimum absolute atomic E-state index is 0.111. The molecule has 1 rings (SSSR count). The Morgan fingerprint density at radius 1 is 1.70 bits per heavy atom. The normalized spacial score (nSPS) is 20.9. The van der Waals surface area contributed by atoms with Crippen molar-refractivity contribution in [3.8, 4) is 0 Å². The quantitative estimate of drug-likeness (QED) is 0.481. The van der Waals surface area contributed by atoms with E-state index in [-0.39, 0.29) is 5.91 Å². The standard InChI is InChI=1S/C6H13N3O/c7-5-9-3-1-2-8-4-6(9)10/h8H,1-5,7H2. The first-order valence-electron chi connectivity index (χ1n) is 3.53. The molecule has 3 N–H and O–H groups in total. The fourth-order valence-corrected chi connectivity index (χ4v) is 1.02. The topological polar surface area (TPSA) is 58.4 Å². The Hall–Kier alpha value is -0.610. The Morgan fingerprint density at radius 3 is 3.20 bits per heavy atom. The summed E-state index contributed by atoms with van der Waals surface area (Å²) >= 11 is 0. The number of amides is 1. The molecule has 58 valence electrons. The van der Waals surface area contributed by atoms with Crippen LogP contribution in [0.25, 0.3) is 0 Å². The van der Waals surface area contributed by atoms with Crippen LogP contribution in [0.1, 0.15) is 6.42 Å². The summed E-state index contributed by atoms with van der Waals surface area (Å²) < 4.78 is 0. The molecule has 0 spiro atoms. The Bertz CT molecular complexity index is 126. The van der Waals surface area contributed by atoms with Crippen molar-refractivity contribution in [1.82, 2.24) is 10.2 Å². The Morgan fingerprint density at radius 2 is 2.50 bits per heavy atom. The highest BCUT2D eigenvalue weighted by atomic mass is 16.2. The number of nitrogens with zero attached hydrogens (tertiary/aromatic N) is 1. The summed E-state index contributed by atoms with van der Waals surface area (Å²) in [5, 5.41) is 3.01. The minimum Gasteiger partial charge on any atom is -0.329 e. The van der Waals surface area contributed by atoms with Crippen LogP contribution in [0.15, 0.2) is 0 Å². The third-order valence-corrected chi connectivity index (χ3v) is 1.63. The molecule has 1 aliphatic rings. The lowest BCUT2D eigenvalue weighted by Gasteiger charge is -2.16. The van der Waals surface area contributed by atoms with Gasteiger partial charge in [-0.2, -0.15) is 0 Å². The lowest BCUT2D eigenvalue weighted by Crippen LogP contribution is -2.38. The molecule has 0 aliphatic carbocycles. The first-order chi connectivity index (χ1) is 4.84. The van der Waals surface area contributed by atoms with Gasteiger partial charge in [-0.15, -0.1) is 0 Å². The van der Waals surface area contributed by atoms with Crippen LogP contribution in [0.4, 0.5) is 0 Å². The van der Waals surface area contributed by atoms with Gasteiger partial charge in [0.25, 0.3) is 0 Å². The summed E-state index contributed by atoms with van der Waals surface area (Å²) in [5.74, 6) is 0.111. The zero-order chi connectivity index (χ0) is 7.40. The van der Waals surface area contributed by atoms with Gasteiger partial charge in [-0.05, 0) is 13.0 Å². The van der Waals surface area contributed by atoms with Crippen LogP contribution in [-0.4, -0.2) is 37.1 Å². The largest absolute Gasteiger partial charge is 0.329 e. The van der Waals surface area contributed by atoms with E-state index in [1.807, 2.05) is 0 Å². The van der Waals surface area contributed by atoms with E-state index >= 15 is 0 Å². The van der Waals surface area contributed by atoms with E-state index in [0.29, 0.717) is 13.2 Å². The predicted octanol–water partition coefficient (Wildman–Crippen LogP) is -1.28.